The molecule has 0 saturated carbocycles. The highest BCUT2D eigenvalue weighted by Gasteiger charge is 2.13. The van der Waals surface area contributed by atoms with E-state index < -0.39 is 0 Å². The predicted octanol–water partition coefficient (Wildman–Crippen LogP) is 4.77. The molecule has 0 radical (unpaired) electrons. The average molecular weight is 365 g/mol. The van der Waals surface area contributed by atoms with Gasteiger partial charge in [-0.05, 0) is 42.0 Å². The summed E-state index contributed by atoms with van der Waals surface area (Å²) in [7, 11) is 0. The number of amides is 2. The van der Waals surface area contributed by atoms with E-state index >= 15 is 0 Å². The number of carbonyl (C=O) groups is 2. The first-order chi connectivity index (χ1) is 12.6. The number of carbonyl (C=O) groups excluding carboxylic acids is 2. The lowest BCUT2D eigenvalue weighted by Gasteiger charge is -2.11. The van der Waals surface area contributed by atoms with E-state index in [9.17, 15) is 9.59 Å². The van der Waals surface area contributed by atoms with E-state index in [1.165, 1.54) is 0 Å². The van der Waals surface area contributed by atoms with Crippen LogP contribution >= 0.6 is 11.6 Å². The molecule has 0 bridgehead atoms. The number of nitrogens with one attached hydrogen (secondary N) is 2. The summed E-state index contributed by atoms with van der Waals surface area (Å²) in [4.78, 5) is 24.9. The smallest absolute Gasteiger partial charge is 0.257 e. The Kier molecular flexibility index (Phi) is 5.66. The van der Waals surface area contributed by atoms with Gasteiger partial charge in [-0.15, -0.1) is 0 Å². The Hall–Kier alpha value is -3.11. The number of hydrogen-bond acceptors (Lipinski definition) is 2. The highest BCUT2D eigenvalue weighted by molar-refractivity contribution is 6.30. The SMILES string of the molecule is O=C(Cc1ccc(Cl)cc1)Nc1ccccc1C(=O)Nc1ccccc1. The zero-order valence-corrected chi connectivity index (χ0v) is 14.7. The first kappa shape index (κ1) is 17.7. The fourth-order valence-corrected chi connectivity index (χ4v) is 2.62. The quantitative estimate of drug-likeness (QED) is 0.684. The van der Waals surface area contributed by atoms with Crippen molar-refractivity contribution in [1.29, 1.82) is 0 Å². The number of halogens is 1. The third-order valence-corrected chi connectivity index (χ3v) is 4.01. The summed E-state index contributed by atoms with van der Waals surface area (Å²) in [5, 5.41) is 6.25. The van der Waals surface area contributed by atoms with Crippen LogP contribution in [-0.2, 0) is 11.2 Å². The molecule has 2 amide bonds. The van der Waals surface area contributed by atoms with Gasteiger partial charge in [-0.1, -0.05) is 54.1 Å². The van der Waals surface area contributed by atoms with E-state index in [4.69, 9.17) is 11.6 Å². The lowest BCUT2D eigenvalue weighted by molar-refractivity contribution is -0.115. The van der Waals surface area contributed by atoms with Gasteiger partial charge in [0, 0.05) is 10.7 Å². The molecule has 130 valence electrons. The van der Waals surface area contributed by atoms with E-state index in [1.807, 2.05) is 18.2 Å². The Labute approximate surface area is 156 Å². The summed E-state index contributed by atoms with van der Waals surface area (Å²) < 4.78 is 0. The molecule has 2 N–H and O–H groups in total. The maximum absolute atomic E-state index is 12.5. The molecule has 0 atom stereocenters. The summed E-state index contributed by atoms with van der Waals surface area (Å²) >= 11 is 5.86. The van der Waals surface area contributed by atoms with Crippen LogP contribution in [-0.4, -0.2) is 11.8 Å². The van der Waals surface area contributed by atoms with Crippen molar-refractivity contribution in [3.8, 4) is 0 Å². The van der Waals surface area contributed by atoms with E-state index in [1.54, 1.807) is 60.7 Å². The van der Waals surface area contributed by atoms with Crippen LogP contribution in [0.2, 0.25) is 5.02 Å². The second-order valence-corrected chi connectivity index (χ2v) is 6.15. The molecule has 26 heavy (non-hydrogen) atoms. The van der Waals surface area contributed by atoms with Crippen LogP contribution in [0.15, 0.2) is 78.9 Å². The predicted molar refractivity (Wildman–Crippen MR) is 105 cm³/mol. The van der Waals surface area contributed by atoms with Crippen LogP contribution in [0.4, 0.5) is 11.4 Å². The van der Waals surface area contributed by atoms with Crippen LogP contribution < -0.4 is 10.6 Å². The van der Waals surface area contributed by atoms with Crippen molar-refractivity contribution in [3.63, 3.8) is 0 Å². The van der Waals surface area contributed by atoms with Crippen LogP contribution in [0.3, 0.4) is 0 Å². The normalized spacial score (nSPS) is 10.2. The fourth-order valence-electron chi connectivity index (χ4n) is 2.49. The molecule has 5 heteroatoms. The minimum atomic E-state index is -0.279. The van der Waals surface area contributed by atoms with Crippen LogP contribution in [0, 0.1) is 0 Å². The Morgan fingerprint density at radius 1 is 0.769 bits per heavy atom. The second-order valence-electron chi connectivity index (χ2n) is 5.72. The van der Waals surface area contributed by atoms with Crippen LogP contribution in [0.5, 0.6) is 0 Å². The third kappa shape index (κ3) is 4.71. The molecule has 0 unspecified atom stereocenters. The summed E-state index contributed by atoms with van der Waals surface area (Å²) in [6.07, 6.45) is 0.200. The number of rotatable bonds is 5. The molecule has 3 aromatic rings. The Balaban J connectivity index is 1.71. The second kappa shape index (κ2) is 8.32. The largest absolute Gasteiger partial charge is 0.325 e. The van der Waals surface area contributed by atoms with Gasteiger partial charge in [-0.3, -0.25) is 9.59 Å². The maximum Gasteiger partial charge on any atom is 0.257 e. The van der Waals surface area contributed by atoms with E-state index in [0.717, 1.165) is 5.56 Å². The average Bonchev–Trinajstić information content (AvgIpc) is 2.65. The van der Waals surface area contributed by atoms with Gasteiger partial charge in [0.25, 0.3) is 5.91 Å². The topological polar surface area (TPSA) is 58.2 Å². The van der Waals surface area contributed by atoms with Gasteiger partial charge in [0.15, 0.2) is 0 Å². The van der Waals surface area contributed by atoms with Crippen molar-refractivity contribution in [2.24, 2.45) is 0 Å². The summed E-state index contributed by atoms with van der Waals surface area (Å²) in [6, 6.07) is 23.2. The molecular weight excluding hydrogens is 348 g/mol. The molecule has 3 rings (SSSR count). The van der Waals surface area contributed by atoms with Gasteiger partial charge in [-0.25, -0.2) is 0 Å². The molecule has 0 aromatic heterocycles. The highest BCUT2D eigenvalue weighted by Crippen LogP contribution is 2.18. The van der Waals surface area contributed by atoms with Crippen molar-refractivity contribution >= 4 is 34.8 Å². The lowest BCUT2D eigenvalue weighted by Crippen LogP contribution is -2.19. The zero-order chi connectivity index (χ0) is 18.4. The molecule has 0 aliphatic heterocycles. The molecule has 0 spiro atoms. The van der Waals surface area contributed by atoms with Gasteiger partial charge in [0.1, 0.15) is 0 Å². The van der Waals surface area contributed by atoms with E-state index in [-0.39, 0.29) is 18.2 Å². The van der Waals surface area contributed by atoms with Gasteiger partial charge in [0.05, 0.1) is 17.7 Å². The first-order valence-corrected chi connectivity index (χ1v) is 8.49. The minimum absolute atomic E-state index is 0.200. The van der Waals surface area contributed by atoms with Crippen LogP contribution in [0.1, 0.15) is 15.9 Å². The number of para-hydroxylation sites is 2. The molecular formula is C21H17ClN2O2. The molecule has 0 saturated heterocycles. The summed E-state index contributed by atoms with van der Waals surface area (Å²) in [5.41, 5.74) is 2.42. The van der Waals surface area contributed by atoms with Gasteiger partial charge in [0.2, 0.25) is 5.91 Å². The van der Waals surface area contributed by atoms with E-state index in [2.05, 4.69) is 10.6 Å². The van der Waals surface area contributed by atoms with E-state index in [0.29, 0.717) is 22.0 Å². The molecule has 0 fully saturated rings. The lowest BCUT2D eigenvalue weighted by atomic mass is 10.1. The summed E-state index contributed by atoms with van der Waals surface area (Å²) in [5.74, 6) is -0.481. The molecule has 0 aliphatic carbocycles. The molecule has 0 aliphatic rings. The minimum Gasteiger partial charge on any atom is -0.325 e. The standard InChI is InChI=1S/C21H17ClN2O2/c22-16-12-10-15(11-13-16)14-20(25)24-19-9-5-4-8-18(19)21(26)23-17-6-2-1-3-7-17/h1-13H,14H2,(H,23,26)(H,24,25). The van der Waals surface area contributed by atoms with Crippen molar-refractivity contribution in [1.82, 2.24) is 0 Å². The molecule has 3 aromatic carbocycles. The Morgan fingerprint density at radius 3 is 2.15 bits per heavy atom. The monoisotopic (exact) mass is 364 g/mol. The maximum atomic E-state index is 12.5. The zero-order valence-electron chi connectivity index (χ0n) is 13.9. The number of anilines is 2. The van der Waals surface area contributed by atoms with Gasteiger partial charge >= 0.3 is 0 Å². The van der Waals surface area contributed by atoms with Gasteiger partial charge < -0.3 is 10.6 Å². The van der Waals surface area contributed by atoms with Crippen molar-refractivity contribution in [2.75, 3.05) is 10.6 Å². The third-order valence-electron chi connectivity index (χ3n) is 3.76. The number of benzene rings is 3. The van der Waals surface area contributed by atoms with Crippen LogP contribution in [0.25, 0.3) is 0 Å². The first-order valence-electron chi connectivity index (χ1n) is 8.11. The number of hydrogen-bond donors (Lipinski definition) is 2. The fraction of sp³-hybridized carbons (Fsp3) is 0.0476. The highest BCUT2D eigenvalue weighted by atomic mass is 35.5. The van der Waals surface area contributed by atoms with Crippen molar-refractivity contribution < 1.29 is 9.59 Å². The summed E-state index contributed by atoms with van der Waals surface area (Å²) in [6.45, 7) is 0. The Bertz CT molecular complexity index is 909. The van der Waals surface area contributed by atoms with Crippen molar-refractivity contribution in [2.45, 2.75) is 6.42 Å². The molecule has 0 heterocycles. The van der Waals surface area contributed by atoms with Crippen molar-refractivity contribution in [3.05, 3.63) is 95.0 Å². The Morgan fingerprint density at radius 2 is 1.42 bits per heavy atom. The van der Waals surface area contributed by atoms with Gasteiger partial charge in [-0.2, -0.15) is 0 Å². The molecule has 4 nitrogen and oxygen atoms in total.